The molecule has 0 radical (unpaired) electrons. The van der Waals surface area contributed by atoms with E-state index in [0.29, 0.717) is 13.0 Å². The van der Waals surface area contributed by atoms with Gasteiger partial charge in [-0.3, -0.25) is 4.79 Å². The highest BCUT2D eigenvalue weighted by atomic mass is 19.1. The normalized spacial score (nSPS) is 23.3. The minimum atomic E-state index is -0.701. The molecule has 0 amide bonds. The van der Waals surface area contributed by atoms with Gasteiger partial charge in [0, 0.05) is 12.6 Å². The summed E-state index contributed by atoms with van der Waals surface area (Å²) in [5, 5.41) is 12.4. The Morgan fingerprint density at radius 1 is 1.47 bits per heavy atom. The first-order valence-electron chi connectivity index (χ1n) is 6.77. The Hall–Kier alpha value is -1.42. The molecule has 0 heterocycles. The maximum Gasteiger partial charge on any atom is 0.306 e. The Morgan fingerprint density at radius 2 is 2.26 bits per heavy atom. The van der Waals surface area contributed by atoms with Crippen LogP contribution >= 0.6 is 0 Å². The molecule has 1 saturated carbocycles. The average molecular weight is 265 g/mol. The van der Waals surface area contributed by atoms with E-state index in [1.165, 1.54) is 6.07 Å². The molecule has 0 aliphatic heterocycles. The topological polar surface area (TPSA) is 49.3 Å². The Morgan fingerprint density at radius 3 is 3.00 bits per heavy atom. The van der Waals surface area contributed by atoms with Crippen LogP contribution in [0.3, 0.4) is 0 Å². The minimum absolute atomic E-state index is 0.220. The van der Waals surface area contributed by atoms with Crippen LogP contribution in [0.25, 0.3) is 0 Å². The Labute approximate surface area is 112 Å². The molecule has 3 nitrogen and oxygen atoms in total. The highest BCUT2D eigenvalue weighted by Crippen LogP contribution is 2.24. The number of nitrogens with one attached hydrogen (secondary N) is 1. The number of aryl methyl sites for hydroxylation is 1. The quantitative estimate of drug-likeness (QED) is 0.880. The highest BCUT2D eigenvalue weighted by molar-refractivity contribution is 5.70. The number of carboxylic acids is 1. The molecule has 4 heteroatoms. The van der Waals surface area contributed by atoms with Crippen LogP contribution < -0.4 is 5.32 Å². The van der Waals surface area contributed by atoms with Gasteiger partial charge < -0.3 is 10.4 Å². The molecule has 0 bridgehead atoms. The fourth-order valence-corrected chi connectivity index (χ4v) is 2.68. The van der Waals surface area contributed by atoms with Gasteiger partial charge >= 0.3 is 5.97 Å². The van der Waals surface area contributed by atoms with Gasteiger partial charge in [-0.25, -0.2) is 4.39 Å². The van der Waals surface area contributed by atoms with Crippen molar-refractivity contribution >= 4 is 5.97 Å². The molecule has 104 valence electrons. The first-order valence-corrected chi connectivity index (χ1v) is 6.77. The van der Waals surface area contributed by atoms with Crippen LogP contribution in [-0.4, -0.2) is 17.1 Å². The van der Waals surface area contributed by atoms with Crippen molar-refractivity contribution in [2.24, 2.45) is 5.92 Å². The predicted molar refractivity (Wildman–Crippen MR) is 71.4 cm³/mol. The molecule has 0 saturated heterocycles. The lowest BCUT2D eigenvalue weighted by Gasteiger charge is -2.27. The molecule has 1 fully saturated rings. The number of benzene rings is 1. The largest absolute Gasteiger partial charge is 0.481 e. The van der Waals surface area contributed by atoms with Gasteiger partial charge in [0.15, 0.2) is 0 Å². The molecule has 2 unspecified atom stereocenters. The number of aliphatic carboxylic acids is 1. The molecule has 0 spiro atoms. The van der Waals surface area contributed by atoms with E-state index in [4.69, 9.17) is 5.11 Å². The van der Waals surface area contributed by atoms with Crippen molar-refractivity contribution < 1.29 is 14.3 Å². The fourth-order valence-electron chi connectivity index (χ4n) is 2.68. The molecular weight excluding hydrogens is 245 g/mol. The maximum absolute atomic E-state index is 13.2. The van der Waals surface area contributed by atoms with Gasteiger partial charge in [-0.15, -0.1) is 0 Å². The summed E-state index contributed by atoms with van der Waals surface area (Å²) in [6.45, 7) is 2.55. The Kier molecular flexibility index (Phi) is 4.53. The van der Waals surface area contributed by atoms with Crippen LogP contribution in [0.2, 0.25) is 0 Å². The van der Waals surface area contributed by atoms with E-state index < -0.39 is 5.97 Å². The second kappa shape index (κ2) is 6.15. The van der Waals surface area contributed by atoms with Crippen LogP contribution in [-0.2, 0) is 11.3 Å². The minimum Gasteiger partial charge on any atom is -0.481 e. The standard InChI is InChI=1S/C15H20FNO2/c1-10-5-6-13(16)7-12(10)9-17-14-4-2-3-11(8-14)15(18)19/h5-7,11,14,17H,2-4,8-9H2,1H3,(H,18,19). The van der Waals surface area contributed by atoms with Gasteiger partial charge in [0.1, 0.15) is 5.82 Å². The summed E-state index contributed by atoms with van der Waals surface area (Å²) in [6.07, 6.45) is 3.38. The van der Waals surface area contributed by atoms with E-state index in [1.807, 2.05) is 6.92 Å². The second-order valence-corrected chi connectivity index (χ2v) is 5.35. The van der Waals surface area contributed by atoms with Crippen molar-refractivity contribution in [2.75, 3.05) is 0 Å². The van der Waals surface area contributed by atoms with Crippen LogP contribution in [0, 0.1) is 18.7 Å². The van der Waals surface area contributed by atoms with E-state index in [2.05, 4.69) is 5.32 Å². The average Bonchev–Trinajstić information content (AvgIpc) is 2.40. The van der Waals surface area contributed by atoms with Crippen LogP contribution in [0.1, 0.15) is 36.8 Å². The summed E-state index contributed by atoms with van der Waals surface area (Å²) < 4.78 is 13.2. The number of hydrogen-bond donors (Lipinski definition) is 2. The SMILES string of the molecule is Cc1ccc(F)cc1CNC1CCCC(C(=O)O)C1. The molecule has 0 aromatic heterocycles. The molecule has 1 aromatic rings. The Bertz CT molecular complexity index is 461. The van der Waals surface area contributed by atoms with Gasteiger partial charge in [-0.2, -0.15) is 0 Å². The number of halogens is 1. The van der Waals surface area contributed by atoms with Gasteiger partial charge in [0.05, 0.1) is 5.92 Å². The third-order valence-electron chi connectivity index (χ3n) is 3.92. The zero-order valence-electron chi connectivity index (χ0n) is 11.2. The lowest BCUT2D eigenvalue weighted by atomic mass is 9.85. The zero-order valence-corrected chi connectivity index (χ0v) is 11.2. The zero-order chi connectivity index (χ0) is 13.8. The van der Waals surface area contributed by atoms with Crippen molar-refractivity contribution in [3.05, 3.63) is 35.1 Å². The van der Waals surface area contributed by atoms with Gasteiger partial charge in [-0.1, -0.05) is 12.5 Å². The molecule has 2 atom stereocenters. The first-order chi connectivity index (χ1) is 9.06. The molecule has 1 aliphatic carbocycles. The summed E-state index contributed by atoms with van der Waals surface area (Å²) >= 11 is 0. The van der Waals surface area contributed by atoms with Crippen molar-refractivity contribution in [3.8, 4) is 0 Å². The summed E-state index contributed by atoms with van der Waals surface area (Å²) in [4.78, 5) is 11.0. The van der Waals surface area contributed by atoms with E-state index in [1.54, 1.807) is 12.1 Å². The van der Waals surface area contributed by atoms with Crippen molar-refractivity contribution in [1.82, 2.24) is 5.32 Å². The van der Waals surface area contributed by atoms with Crippen LogP contribution in [0.4, 0.5) is 4.39 Å². The van der Waals surface area contributed by atoms with Crippen LogP contribution in [0.5, 0.6) is 0 Å². The molecule has 2 rings (SSSR count). The lowest BCUT2D eigenvalue weighted by Crippen LogP contribution is -2.36. The highest BCUT2D eigenvalue weighted by Gasteiger charge is 2.26. The number of carboxylic acid groups (broad SMARTS) is 1. The summed E-state index contributed by atoms with van der Waals surface area (Å²) in [5.74, 6) is -1.16. The van der Waals surface area contributed by atoms with Gasteiger partial charge in [0.25, 0.3) is 0 Å². The second-order valence-electron chi connectivity index (χ2n) is 5.35. The van der Waals surface area contributed by atoms with Gasteiger partial charge in [-0.05, 0) is 49.4 Å². The molecular formula is C15H20FNO2. The number of hydrogen-bond acceptors (Lipinski definition) is 2. The predicted octanol–water partition coefficient (Wildman–Crippen LogP) is 2.87. The molecule has 19 heavy (non-hydrogen) atoms. The fraction of sp³-hybridized carbons (Fsp3) is 0.533. The van der Waals surface area contributed by atoms with Crippen molar-refractivity contribution in [3.63, 3.8) is 0 Å². The Balaban J connectivity index is 1.91. The van der Waals surface area contributed by atoms with E-state index >= 15 is 0 Å². The van der Waals surface area contributed by atoms with Crippen molar-refractivity contribution in [1.29, 1.82) is 0 Å². The van der Waals surface area contributed by atoms with E-state index in [9.17, 15) is 9.18 Å². The molecule has 2 N–H and O–H groups in total. The van der Waals surface area contributed by atoms with Crippen LogP contribution in [0.15, 0.2) is 18.2 Å². The summed E-state index contributed by atoms with van der Waals surface area (Å²) in [7, 11) is 0. The maximum atomic E-state index is 13.2. The first kappa shape index (κ1) is 14.0. The summed E-state index contributed by atoms with van der Waals surface area (Å²) in [5.41, 5.74) is 2.00. The lowest BCUT2D eigenvalue weighted by molar-refractivity contribution is -0.143. The van der Waals surface area contributed by atoms with Crippen molar-refractivity contribution in [2.45, 2.75) is 45.2 Å². The molecule has 1 aliphatic rings. The van der Waals surface area contributed by atoms with E-state index in [-0.39, 0.29) is 17.8 Å². The van der Waals surface area contributed by atoms with E-state index in [0.717, 1.165) is 30.4 Å². The van der Waals surface area contributed by atoms with Gasteiger partial charge in [0.2, 0.25) is 0 Å². The monoisotopic (exact) mass is 265 g/mol. The molecule has 1 aromatic carbocycles. The third kappa shape index (κ3) is 3.77. The summed E-state index contributed by atoms with van der Waals surface area (Å²) in [6, 6.07) is 4.99. The number of rotatable bonds is 4. The smallest absolute Gasteiger partial charge is 0.306 e. The third-order valence-corrected chi connectivity index (χ3v) is 3.92. The number of carbonyl (C=O) groups is 1.